The van der Waals surface area contributed by atoms with Crippen LogP contribution in [0.3, 0.4) is 0 Å². The maximum atomic E-state index is 11.2. The highest BCUT2D eigenvalue weighted by molar-refractivity contribution is 5.81. The maximum absolute atomic E-state index is 11.2. The Bertz CT molecular complexity index is 1230. The molecule has 0 aliphatic carbocycles. The van der Waals surface area contributed by atoms with E-state index in [1.807, 2.05) is 42.5 Å². The molecule has 158 valence electrons. The van der Waals surface area contributed by atoms with Gasteiger partial charge in [-0.2, -0.15) is 4.98 Å². The number of phenols is 1. The van der Waals surface area contributed by atoms with Crippen molar-refractivity contribution < 1.29 is 9.63 Å². The first-order chi connectivity index (χ1) is 14.6. The summed E-state index contributed by atoms with van der Waals surface area (Å²) in [5.41, 5.74) is 7.58. The molecule has 4 heteroatoms. The summed E-state index contributed by atoms with van der Waals surface area (Å²) >= 11 is 0. The number of aromatic hydroxyl groups is 1. The standard InChI is InChI=1S/C27H28N2O2/c1-16-12-17(2)23(18(3)13-16)25-28-26(31-29-25)22-15-20(27(4,5)6)14-21(24(22)30)19-10-8-7-9-11-19/h7-15,30H,1-6H3. The molecule has 31 heavy (non-hydrogen) atoms. The third-order valence-electron chi connectivity index (χ3n) is 5.62. The average Bonchev–Trinajstić information content (AvgIpc) is 3.16. The third kappa shape index (κ3) is 3.98. The second kappa shape index (κ2) is 7.69. The molecule has 4 nitrogen and oxygen atoms in total. The van der Waals surface area contributed by atoms with Crippen molar-refractivity contribution in [3.8, 4) is 39.7 Å². The van der Waals surface area contributed by atoms with Gasteiger partial charge in [0.25, 0.3) is 5.89 Å². The maximum Gasteiger partial charge on any atom is 0.262 e. The fraction of sp³-hybridized carbons (Fsp3) is 0.259. The van der Waals surface area contributed by atoms with Gasteiger partial charge in [-0.15, -0.1) is 0 Å². The first kappa shape index (κ1) is 20.9. The zero-order chi connectivity index (χ0) is 22.3. The van der Waals surface area contributed by atoms with Crippen molar-refractivity contribution in [2.45, 2.75) is 47.0 Å². The molecule has 3 aromatic carbocycles. The van der Waals surface area contributed by atoms with Crippen molar-refractivity contribution in [3.05, 3.63) is 76.9 Å². The fourth-order valence-corrected chi connectivity index (χ4v) is 4.04. The number of aromatic nitrogens is 2. The molecule has 0 saturated heterocycles. The van der Waals surface area contributed by atoms with Gasteiger partial charge in [0.1, 0.15) is 5.75 Å². The molecule has 1 aromatic heterocycles. The van der Waals surface area contributed by atoms with Gasteiger partial charge in [0.05, 0.1) is 5.56 Å². The third-order valence-corrected chi connectivity index (χ3v) is 5.62. The first-order valence-corrected chi connectivity index (χ1v) is 10.5. The molecule has 0 spiro atoms. The lowest BCUT2D eigenvalue weighted by Crippen LogP contribution is -2.11. The van der Waals surface area contributed by atoms with Crippen LogP contribution in [0, 0.1) is 20.8 Å². The van der Waals surface area contributed by atoms with Crippen molar-refractivity contribution in [1.29, 1.82) is 0 Å². The summed E-state index contributed by atoms with van der Waals surface area (Å²) in [5.74, 6) is 0.994. The van der Waals surface area contributed by atoms with Gasteiger partial charge >= 0.3 is 0 Å². The zero-order valence-electron chi connectivity index (χ0n) is 18.9. The van der Waals surface area contributed by atoms with Crippen LogP contribution in [-0.2, 0) is 5.41 Å². The van der Waals surface area contributed by atoms with E-state index in [2.05, 4.69) is 63.8 Å². The average molecular weight is 413 g/mol. The lowest BCUT2D eigenvalue weighted by Gasteiger charge is -2.22. The topological polar surface area (TPSA) is 59.2 Å². The summed E-state index contributed by atoms with van der Waals surface area (Å²) in [6.45, 7) is 12.6. The Morgan fingerprint density at radius 2 is 1.45 bits per heavy atom. The second-order valence-electron chi connectivity index (χ2n) is 9.23. The van der Waals surface area contributed by atoms with E-state index in [0.29, 0.717) is 17.3 Å². The van der Waals surface area contributed by atoms with Crippen molar-refractivity contribution in [1.82, 2.24) is 10.1 Å². The number of rotatable bonds is 3. The number of aryl methyl sites for hydroxylation is 3. The SMILES string of the molecule is Cc1cc(C)c(-c2noc(-c3cc(C(C)(C)C)cc(-c4ccccc4)c3O)n2)c(C)c1. The predicted octanol–water partition coefficient (Wildman–Crippen LogP) is 7.00. The molecular formula is C27H28N2O2. The lowest BCUT2D eigenvalue weighted by molar-refractivity contribution is 0.425. The molecule has 0 atom stereocenters. The van der Waals surface area contributed by atoms with Crippen molar-refractivity contribution in [3.63, 3.8) is 0 Å². The van der Waals surface area contributed by atoms with E-state index in [1.54, 1.807) is 0 Å². The van der Waals surface area contributed by atoms with Crippen LogP contribution in [-0.4, -0.2) is 15.2 Å². The monoisotopic (exact) mass is 412 g/mol. The van der Waals surface area contributed by atoms with E-state index in [9.17, 15) is 5.11 Å². The first-order valence-electron chi connectivity index (χ1n) is 10.5. The molecule has 0 aliphatic heterocycles. The molecule has 0 radical (unpaired) electrons. The Morgan fingerprint density at radius 1 is 0.839 bits per heavy atom. The van der Waals surface area contributed by atoms with E-state index < -0.39 is 0 Å². The van der Waals surface area contributed by atoms with Gasteiger partial charge in [0.15, 0.2) is 0 Å². The Morgan fingerprint density at radius 3 is 2.06 bits per heavy atom. The van der Waals surface area contributed by atoms with Crippen LogP contribution in [0.15, 0.2) is 59.1 Å². The fourth-order valence-electron chi connectivity index (χ4n) is 4.04. The van der Waals surface area contributed by atoms with Crippen molar-refractivity contribution in [2.24, 2.45) is 0 Å². The highest BCUT2D eigenvalue weighted by atomic mass is 16.5. The van der Waals surface area contributed by atoms with Crippen molar-refractivity contribution >= 4 is 0 Å². The minimum absolute atomic E-state index is 0.112. The molecule has 0 bridgehead atoms. The van der Waals surface area contributed by atoms with Crippen LogP contribution in [0.25, 0.3) is 34.0 Å². The quantitative estimate of drug-likeness (QED) is 0.393. The van der Waals surface area contributed by atoms with E-state index in [-0.39, 0.29) is 11.2 Å². The Labute approximate surface area is 183 Å². The summed E-state index contributed by atoms with van der Waals surface area (Å²) in [6.07, 6.45) is 0. The Balaban J connectivity index is 1.90. The molecule has 0 amide bonds. The van der Waals surface area contributed by atoms with Crippen LogP contribution in [0.2, 0.25) is 0 Å². The predicted molar refractivity (Wildman–Crippen MR) is 125 cm³/mol. The van der Waals surface area contributed by atoms with Gasteiger partial charge in [-0.05, 0) is 60.6 Å². The summed E-state index contributed by atoms with van der Waals surface area (Å²) in [7, 11) is 0. The number of hydrogen-bond acceptors (Lipinski definition) is 4. The van der Waals surface area contributed by atoms with Crippen molar-refractivity contribution in [2.75, 3.05) is 0 Å². The molecule has 0 saturated carbocycles. The Hall–Kier alpha value is -3.40. The van der Waals surface area contributed by atoms with Crippen LogP contribution >= 0.6 is 0 Å². The van der Waals surface area contributed by atoms with Gasteiger partial charge in [-0.3, -0.25) is 0 Å². The lowest BCUT2D eigenvalue weighted by atomic mass is 9.83. The number of benzene rings is 3. The summed E-state index contributed by atoms with van der Waals surface area (Å²) < 4.78 is 5.66. The van der Waals surface area contributed by atoms with Gasteiger partial charge in [0, 0.05) is 11.1 Å². The van der Waals surface area contributed by atoms with Crippen LogP contribution in [0.4, 0.5) is 0 Å². The minimum atomic E-state index is -0.112. The molecule has 4 aromatic rings. The normalized spacial score (nSPS) is 11.7. The molecular weight excluding hydrogens is 384 g/mol. The van der Waals surface area contributed by atoms with Gasteiger partial charge in [0.2, 0.25) is 5.82 Å². The highest BCUT2D eigenvalue weighted by Crippen LogP contribution is 2.42. The van der Waals surface area contributed by atoms with Crippen LogP contribution < -0.4 is 0 Å². The van der Waals surface area contributed by atoms with Gasteiger partial charge in [-0.25, -0.2) is 0 Å². The van der Waals surface area contributed by atoms with E-state index in [4.69, 9.17) is 4.52 Å². The van der Waals surface area contributed by atoms with Gasteiger partial charge < -0.3 is 9.63 Å². The number of hydrogen-bond donors (Lipinski definition) is 1. The molecule has 0 unspecified atom stereocenters. The van der Waals surface area contributed by atoms with Crippen LogP contribution in [0.1, 0.15) is 43.0 Å². The highest BCUT2D eigenvalue weighted by Gasteiger charge is 2.24. The second-order valence-corrected chi connectivity index (χ2v) is 9.23. The smallest absolute Gasteiger partial charge is 0.262 e. The number of nitrogens with zero attached hydrogens (tertiary/aromatic N) is 2. The van der Waals surface area contributed by atoms with E-state index in [0.717, 1.165) is 33.4 Å². The molecule has 1 N–H and O–H groups in total. The minimum Gasteiger partial charge on any atom is -0.506 e. The molecule has 0 aliphatic rings. The summed E-state index contributed by atoms with van der Waals surface area (Å²) in [6, 6.07) is 18.1. The van der Waals surface area contributed by atoms with E-state index in [1.165, 1.54) is 5.56 Å². The zero-order valence-corrected chi connectivity index (χ0v) is 18.9. The molecule has 4 rings (SSSR count). The summed E-state index contributed by atoms with van der Waals surface area (Å²) in [4.78, 5) is 4.68. The van der Waals surface area contributed by atoms with E-state index >= 15 is 0 Å². The van der Waals surface area contributed by atoms with Crippen LogP contribution in [0.5, 0.6) is 5.75 Å². The molecule has 0 fully saturated rings. The van der Waals surface area contributed by atoms with Gasteiger partial charge in [-0.1, -0.05) is 74.0 Å². The largest absolute Gasteiger partial charge is 0.506 e. The number of phenolic OH excluding ortho intramolecular Hbond substituents is 1. The molecule has 1 heterocycles. The Kier molecular flexibility index (Phi) is 5.18. The summed E-state index contributed by atoms with van der Waals surface area (Å²) in [5, 5.41) is 15.4.